The number of ether oxygens (including phenoxy) is 3. The van der Waals surface area contributed by atoms with Crippen LogP contribution in [0.2, 0.25) is 5.02 Å². The molecule has 4 rings (SSSR count). The number of fused-ring (bicyclic) bond motifs is 1. The molecule has 0 spiro atoms. The van der Waals surface area contributed by atoms with E-state index in [0.29, 0.717) is 30.1 Å². The topological polar surface area (TPSA) is 88.5 Å². The minimum Gasteiger partial charge on any atom is -0.488 e. The third-order valence-electron chi connectivity index (χ3n) is 5.34. The standard InChI is InChI=1S/C18H24ClNO4.CH2O2/c19-14-2-1-3-15(8-14)24-17-7-13-10-20(9-12(13)6-16(17)21)11-18-22-4-5-23-18;2-1-3/h1-3,8,12-13,16-18,21H,4-7,9-11H2;1H,(H,2,3)/t12-,13+,16+,17+;/m0./s1. The van der Waals surface area contributed by atoms with E-state index in [9.17, 15) is 5.11 Å². The van der Waals surface area contributed by atoms with Gasteiger partial charge in [-0.25, -0.2) is 0 Å². The number of rotatable bonds is 4. The lowest BCUT2D eigenvalue weighted by atomic mass is 9.78. The Morgan fingerprint density at radius 3 is 2.56 bits per heavy atom. The number of halogens is 1. The smallest absolute Gasteiger partial charge is 0.290 e. The molecule has 1 saturated carbocycles. The third kappa shape index (κ3) is 5.56. The number of aliphatic hydroxyl groups is 1. The van der Waals surface area contributed by atoms with Crippen molar-refractivity contribution in [1.82, 2.24) is 4.90 Å². The zero-order chi connectivity index (χ0) is 19.2. The summed E-state index contributed by atoms with van der Waals surface area (Å²) >= 11 is 6.02. The van der Waals surface area contributed by atoms with E-state index in [-0.39, 0.29) is 18.9 Å². The van der Waals surface area contributed by atoms with Crippen molar-refractivity contribution in [2.45, 2.75) is 31.3 Å². The number of aliphatic hydroxyl groups excluding tert-OH is 1. The molecule has 2 heterocycles. The molecule has 1 aromatic carbocycles. The van der Waals surface area contributed by atoms with E-state index in [1.807, 2.05) is 18.2 Å². The summed E-state index contributed by atoms with van der Waals surface area (Å²) in [6, 6.07) is 7.38. The molecule has 2 N–H and O–H groups in total. The van der Waals surface area contributed by atoms with Gasteiger partial charge in [0.05, 0.1) is 19.3 Å². The van der Waals surface area contributed by atoms with Crippen molar-refractivity contribution in [3.05, 3.63) is 29.3 Å². The summed E-state index contributed by atoms with van der Waals surface area (Å²) in [7, 11) is 0. The van der Waals surface area contributed by atoms with Crippen LogP contribution in [0.25, 0.3) is 0 Å². The molecule has 4 atom stereocenters. The van der Waals surface area contributed by atoms with Crippen molar-refractivity contribution >= 4 is 18.1 Å². The van der Waals surface area contributed by atoms with Crippen LogP contribution < -0.4 is 4.74 Å². The molecule has 2 saturated heterocycles. The van der Waals surface area contributed by atoms with Crippen LogP contribution in [0, 0.1) is 11.8 Å². The Morgan fingerprint density at radius 1 is 1.22 bits per heavy atom. The van der Waals surface area contributed by atoms with Crippen LogP contribution >= 0.6 is 11.6 Å². The van der Waals surface area contributed by atoms with Gasteiger partial charge in [0.15, 0.2) is 6.29 Å². The lowest BCUT2D eigenvalue weighted by Crippen LogP contribution is -2.42. The summed E-state index contributed by atoms with van der Waals surface area (Å²) in [6.07, 6.45) is 0.987. The maximum atomic E-state index is 10.5. The lowest BCUT2D eigenvalue weighted by molar-refractivity contribution is -0.122. The lowest BCUT2D eigenvalue weighted by Gasteiger charge is -2.35. The molecule has 27 heavy (non-hydrogen) atoms. The second-order valence-electron chi connectivity index (χ2n) is 7.17. The summed E-state index contributed by atoms with van der Waals surface area (Å²) < 4.78 is 17.1. The Kier molecular flexibility index (Phi) is 7.32. The maximum absolute atomic E-state index is 10.5. The van der Waals surface area contributed by atoms with E-state index in [2.05, 4.69) is 4.90 Å². The Morgan fingerprint density at radius 2 is 1.89 bits per heavy atom. The highest BCUT2D eigenvalue weighted by Gasteiger charge is 2.43. The molecule has 0 amide bonds. The number of hydrogen-bond acceptors (Lipinski definition) is 6. The first-order valence-corrected chi connectivity index (χ1v) is 9.60. The number of hydrogen-bond donors (Lipinski definition) is 2. The predicted molar refractivity (Wildman–Crippen MR) is 98.9 cm³/mol. The second kappa shape index (κ2) is 9.71. The van der Waals surface area contributed by atoms with E-state index in [4.69, 9.17) is 35.7 Å². The zero-order valence-electron chi connectivity index (χ0n) is 15.1. The van der Waals surface area contributed by atoms with Gasteiger partial charge in [0.25, 0.3) is 6.47 Å². The van der Waals surface area contributed by atoms with E-state index in [0.717, 1.165) is 38.2 Å². The van der Waals surface area contributed by atoms with Gasteiger partial charge in [-0.2, -0.15) is 0 Å². The van der Waals surface area contributed by atoms with Crippen LogP contribution in [0.5, 0.6) is 5.75 Å². The zero-order valence-corrected chi connectivity index (χ0v) is 15.8. The van der Waals surface area contributed by atoms with Crippen molar-refractivity contribution < 1.29 is 29.2 Å². The number of nitrogens with zero attached hydrogens (tertiary/aromatic N) is 1. The van der Waals surface area contributed by atoms with Gasteiger partial charge in [0.2, 0.25) is 0 Å². The monoisotopic (exact) mass is 399 g/mol. The average molecular weight is 400 g/mol. The Bertz CT molecular complexity index is 612. The van der Waals surface area contributed by atoms with Gasteiger partial charge in [-0.05, 0) is 42.9 Å². The molecule has 150 valence electrons. The van der Waals surface area contributed by atoms with Gasteiger partial charge in [0.1, 0.15) is 11.9 Å². The van der Waals surface area contributed by atoms with Gasteiger partial charge in [-0.1, -0.05) is 17.7 Å². The molecular weight excluding hydrogens is 374 g/mol. The minimum atomic E-state index is -0.427. The molecule has 0 bridgehead atoms. The van der Waals surface area contributed by atoms with Gasteiger partial charge < -0.3 is 24.4 Å². The summed E-state index contributed by atoms with van der Waals surface area (Å²) in [5.74, 6) is 1.81. The summed E-state index contributed by atoms with van der Waals surface area (Å²) in [4.78, 5) is 10.8. The molecular formula is C19H26ClNO6. The molecule has 3 fully saturated rings. The van der Waals surface area contributed by atoms with Gasteiger partial charge in [0, 0.05) is 24.7 Å². The van der Waals surface area contributed by atoms with Crippen molar-refractivity contribution in [3.63, 3.8) is 0 Å². The summed E-state index contributed by atoms with van der Waals surface area (Å²) in [6.45, 7) is 3.99. The molecule has 0 aromatic heterocycles. The van der Waals surface area contributed by atoms with Crippen LogP contribution in [-0.2, 0) is 14.3 Å². The van der Waals surface area contributed by atoms with Crippen molar-refractivity contribution in [3.8, 4) is 5.75 Å². The van der Waals surface area contributed by atoms with Gasteiger partial charge >= 0.3 is 0 Å². The SMILES string of the molecule is O=CO.O[C@@H]1C[C@H]2CN(CC3OCCO3)C[C@H]2C[C@H]1Oc1cccc(Cl)c1. The quantitative estimate of drug-likeness (QED) is 0.747. The summed E-state index contributed by atoms with van der Waals surface area (Å²) in [5, 5.41) is 18.0. The summed E-state index contributed by atoms with van der Waals surface area (Å²) in [5.41, 5.74) is 0. The number of likely N-dealkylation sites (tertiary alicyclic amines) is 1. The fourth-order valence-electron chi connectivity index (χ4n) is 4.20. The van der Waals surface area contributed by atoms with E-state index < -0.39 is 6.10 Å². The highest BCUT2D eigenvalue weighted by molar-refractivity contribution is 6.30. The molecule has 1 aromatic rings. The van der Waals surface area contributed by atoms with E-state index in [1.54, 1.807) is 6.07 Å². The minimum absolute atomic E-state index is 0.0893. The highest BCUT2D eigenvalue weighted by Crippen LogP contribution is 2.38. The largest absolute Gasteiger partial charge is 0.488 e. The number of carboxylic acid groups (broad SMARTS) is 1. The average Bonchev–Trinajstić information content (AvgIpc) is 3.25. The molecule has 1 aliphatic carbocycles. The van der Waals surface area contributed by atoms with Crippen molar-refractivity contribution in [2.24, 2.45) is 11.8 Å². The molecule has 2 aliphatic heterocycles. The predicted octanol–water partition coefficient (Wildman–Crippen LogP) is 1.86. The Hall–Kier alpha value is -1.38. The first-order valence-electron chi connectivity index (χ1n) is 9.22. The van der Waals surface area contributed by atoms with E-state index >= 15 is 0 Å². The van der Waals surface area contributed by atoms with Gasteiger partial charge in [-0.15, -0.1) is 0 Å². The van der Waals surface area contributed by atoms with Crippen LogP contribution in [0.1, 0.15) is 12.8 Å². The van der Waals surface area contributed by atoms with Crippen LogP contribution in [0.3, 0.4) is 0 Å². The normalized spacial score (nSPS) is 31.0. The van der Waals surface area contributed by atoms with Crippen LogP contribution in [0.4, 0.5) is 0 Å². The van der Waals surface area contributed by atoms with Crippen molar-refractivity contribution in [1.29, 1.82) is 0 Å². The second-order valence-corrected chi connectivity index (χ2v) is 7.60. The Balaban J connectivity index is 0.000000659. The fourth-order valence-corrected chi connectivity index (χ4v) is 4.38. The molecule has 0 unspecified atom stereocenters. The Labute approximate surface area is 163 Å². The first kappa shape index (κ1) is 20.4. The van der Waals surface area contributed by atoms with Crippen molar-refractivity contribution in [2.75, 3.05) is 32.8 Å². The third-order valence-corrected chi connectivity index (χ3v) is 5.58. The molecule has 8 heteroatoms. The van der Waals surface area contributed by atoms with Crippen LogP contribution in [-0.4, -0.2) is 72.9 Å². The van der Waals surface area contributed by atoms with Gasteiger partial charge in [-0.3, -0.25) is 9.69 Å². The molecule has 3 aliphatic rings. The number of carbonyl (C=O) groups is 1. The van der Waals surface area contributed by atoms with E-state index in [1.165, 1.54) is 0 Å². The highest BCUT2D eigenvalue weighted by atomic mass is 35.5. The molecule has 0 radical (unpaired) electrons. The fraction of sp³-hybridized carbons (Fsp3) is 0.632. The first-order chi connectivity index (χ1) is 13.1. The molecule has 7 nitrogen and oxygen atoms in total. The maximum Gasteiger partial charge on any atom is 0.290 e. The number of benzene rings is 1. The van der Waals surface area contributed by atoms with Crippen LogP contribution in [0.15, 0.2) is 24.3 Å².